The van der Waals surface area contributed by atoms with E-state index in [9.17, 15) is 0 Å². The van der Waals surface area contributed by atoms with Gasteiger partial charge >= 0.3 is 0 Å². The molecule has 4 aromatic heterocycles. The molecule has 252 valence electrons. The van der Waals surface area contributed by atoms with Gasteiger partial charge in [-0.2, -0.15) is 0 Å². The minimum absolute atomic E-state index is 0.00373. The van der Waals surface area contributed by atoms with E-state index < -0.39 is 0 Å². The molecule has 0 unspecified atom stereocenters. The van der Waals surface area contributed by atoms with Gasteiger partial charge in [-0.15, -0.1) is 11.3 Å². The summed E-state index contributed by atoms with van der Waals surface area (Å²) in [7, 11) is 0. The number of anilines is 4. The zero-order chi connectivity index (χ0) is 35.0. The monoisotopic (exact) mass is 693 g/mol. The lowest BCUT2D eigenvalue weighted by atomic mass is 9.88. The van der Waals surface area contributed by atoms with Crippen LogP contribution in [0.5, 0.6) is 11.5 Å². The summed E-state index contributed by atoms with van der Waals surface area (Å²) in [6.45, 7) is 7.33. The summed E-state index contributed by atoms with van der Waals surface area (Å²) in [4.78, 5) is 14.4. The van der Waals surface area contributed by atoms with Crippen LogP contribution in [0, 0.1) is 0 Å². The molecule has 5 aromatic carbocycles. The Kier molecular flexibility index (Phi) is 6.88. The van der Waals surface area contributed by atoms with Gasteiger partial charge in [-0.25, -0.2) is 9.97 Å². The maximum absolute atomic E-state index is 6.65. The second-order valence-corrected chi connectivity index (χ2v) is 15.5. The first kappa shape index (κ1) is 30.6. The molecule has 6 nitrogen and oxygen atoms in total. The Hall–Kier alpha value is -6.18. The van der Waals surface area contributed by atoms with E-state index in [0.29, 0.717) is 6.67 Å². The number of hydrogen-bond donors (Lipinski definition) is 0. The number of benzene rings is 5. The van der Waals surface area contributed by atoms with E-state index in [1.807, 2.05) is 35.9 Å². The maximum Gasteiger partial charge on any atom is 0.158 e. The van der Waals surface area contributed by atoms with Crippen LogP contribution in [0.2, 0.25) is 0 Å². The summed E-state index contributed by atoms with van der Waals surface area (Å²) in [5.74, 6) is 3.34. The van der Waals surface area contributed by atoms with Gasteiger partial charge in [0.05, 0.1) is 22.4 Å². The fourth-order valence-corrected chi connectivity index (χ4v) is 8.73. The Bertz CT molecular complexity index is 2830. The van der Waals surface area contributed by atoms with E-state index in [1.54, 1.807) is 0 Å². The fraction of sp³-hybridized carbons (Fsp3) is 0.111. The second kappa shape index (κ2) is 11.7. The van der Waals surface area contributed by atoms with Crippen molar-refractivity contribution < 1.29 is 4.74 Å². The lowest BCUT2D eigenvalue weighted by Gasteiger charge is -2.23. The minimum atomic E-state index is 0.00373. The fourth-order valence-electron chi connectivity index (χ4n) is 7.60. The average Bonchev–Trinajstić information content (AvgIpc) is 3.84. The van der Waals surface area contributed by atoms with Crippen LogP contribution in [0.1, 0.15) is 26.3 Å². The molecule has 0 saturated heterocycles. The predicted octanol–water partition coefficient (Wildman–Crippen LogP) is 12.3. The van der Waals surface area contributed by atoms with Crippen molar-refractivity contribution in [3.05, 3.63) is 151 Å². The molecule has 0 radical (unpaired) electrons. The van der Waals surface area contributed by atoms with Crippen molar-refractivity contribution in [3.63, 3.8) is 0 Å². The molecule has 0 N–H and O–H groups in total. The number of rotatable bonds is 5. The molecule has 9 aromatic rings. The zero-order valence-electron chi connectivity index (χ0n) is 29.1. The molecule has 0 saturated carbocycles. The SMILES string of the molecule is CC(C)(C)c1ccnc(-n2c3ccccc3c3ccc(Oc4cccc(N5CN(c6cccc7sc8ccccc8c67)c6cccnc65)c4)cc32)c1. The largest absolute Gasteiger partial charge is 0.457 e. The van der Waals surface area contributed by atoms with Crippen LogP contribution in [0.15, 0.2) is 146 Å². The van der Waals surface area contributed by atoms with Crippen molar-refractivity contribution in [1.29, 1.82) is 0 Å². The van der Waals surface area contributed by atoms with Crippen molar-refractivity contribution in [2.45, 2.75) is 26.2 Å². The number of nitrogens with zero attached hydrogens (tertiary/aromatic N) is 5. The minimum Gasteiger partial charge on any atom is -0.457 e. The molecule has 5 heterocycles. The summed E-state index contributed by atoms with van der Waals surface area (Å²) in [6.07, 6.45) is 3.79. The molecule has 0 atom stereocenters. The summed E-state index contributed by atoms with van der Waals surface area (Å²) in [6, 6.07) is 47.0. The van der Waals surface area contributed by atoms with Gasteiger partial charge in [0.1, 0.15) is 24.0 Å². The lowest BCUT2D eigenvalue weighted by molar-refractivity contribution is 0.483. The van der Waals surface area contributed by atoms with Gasteiger partial charge in [-0.1, -0.05) is 69.3 Å². The molecule has 1 aliphatic rings. The molecule has 1 aliphatic heterocycles. The van der Waals surface area contributed by atoms with Gasteiger partial charge in [0.2, 0.25) is 0 Å². The number of hydrogen-bond acceptors (Lipinski definition) is 6. The Labute approximate surface area is 305 Å². The average molecular weight is 694 g/mol. The van der Waals surface area contributed by atoms with E-state index >= 15 is 0 Å². The maximum atomic E-state index is 6.65. The molecule has 7 heteroatoms. The highest BCUT2D eigenvalue weighted by Gasteiger charge is 2.31. The molecule has 0 bridgehead atoms. The molecule has 52 heavy (non-hydrogen) atoms. The first-order valence-electron chi connectivity index (χ1n) is 17.6. The van der Waals surface area contributed by atoms with Gasteiger partial charge < -0.3 is 14.5 Å². The molecular formula is C45H35N5OS. The normalized spacial score (nSPS) is 13.1. The molecule has 10 rings (SSSR count). The third kappa shape index (κ3) is 4.92. The highest BCUT2D eigenvalue weighted by molar-refractivity contribution is 7.26. The van der Waals surface area contributed by atoms with Crippen molar-refractivity contribution in [1.82, 2.24) is 14.5 Å². The first-order valence-corrected chi connectivity index (χ1v) is 18.4. The highest BCUT2D eigenvalue weighted by Crippen LogP contribution is 2.48. The van der Waals surface area contributed by atoms with Crippen molar-refractivity contribution in [2.24, 2.45) is 0 Å². The first-order chi connectivity index (χ1) is 25.4. The number of fused-ring (bicyclic) bond motifs is 7. The van der Waals surface area contributed by atoms with Crippen molar-refractivity contribution in [2.75, 3.05) is 16.5 Å². The molecule has 0 amide bonds. The Morgan fingerprint density at radius 2 is 1.37 bits per heavy atom. The summed E-state index contributed by atoms with van der Waals surface area (Å²) in [5, 5.41) is 4.91. The Morgan fingerprint density at radius 3 is 2.27 bits per heavy atom. The van der Waals surface area contributed by atoms with Gasteiger partial charge in [0, 0.05) is 61.2 Å². The summed E-state index contributed by atoms with van der Waals surface area (Å²) in [5.41, 5.74) is 6.70. The molecule has 0 fully saturated rings. The highest BCUT2D eigenvalue weighted by atomic mass is 32.1. The second-order valence-electron chi connectivity index (χ2n) is 14.4. The standard InChI is InChI=1S/C45H35N5OS/c1-45(2,3)29-22-24-46-42(25-29)50-36-15-6-4-13-33(36)34-21-20-32(27-39(34)50)51-31-12-8-11-30(26-31)48-28-49(38-17-10-23-47-44(38)48)37-16-9-19-41-43(37)35-14-5-7-18-40(35)52-41/h4-27H,28H2,1-3H3. The van der Waals surface area contributed by atoms with E-state index in [4.69, 9.17) is 14.7 Å². The number of pyridine rings is 2. The van der Waals surface area contributed by atoms with Crippen LogP contribution in [0.4, 0.5) is 22.9 Å². The van der Waals surface area contributed by atoms with Crippen molar-refractivity contribution in [3.8, 4) is 17.3 Å². The van der Waals surface area contributed by atoms with Crippen LogP contribution >= 0.6 is 11.3 Å². The van der Waals surface area contributed by atoms with Crippen LogP contribution in [0.25, 0.3) is 47.8 Å². The van der Waals surface area contributed by atoms with Crippen LogP contribution in [-0.4, -0.2) is 21.2 Å². The number of aromatic nitrogens is 3. The van der Waals surface area contributed by atoms with E-state index in [2.05, 4.69) is 156 Å². The number of thiophene rings is 1. The van der Waals surface area contributed by atoms with Crippen LogP contribution < -0.4 is 14.5 Å². The van der Waals surface area contributed by atoms with Gasteiger partial charge in [-0.3, -0.25) is 4.57 Å². The van der Waals surface area contributed by atoms with Gasteiger partial charge in [0.25, 0.3) is 0 Å². The molecule has 0 spiro atoms. The lowest BCUT2D eigenvalue weighted by Crippen LogP contribution is -2.24. The zero-order valence-corrected chi connectivity index (χ0v) is 29.9. The topological polar surface area (TPSA) is 46.4 Å². The third-order valence-electron chi connectivity index (χ3n) is 10.1. The van der Waals surface area contributed by atoms with Gasteiger partial charge in [-0.05, 0) is 83.8 Å². The number of para-hydroxylation sites is 1. The van der Waals surface area contributed by atoms with E-state index in [1.165, 1.54) is 36.8 Å². The van der Waals surface area contributed by atoms with Crippen LogP contribution in [0.3, 0.4) is 0 Å². The number of ether oxygens (including phenoxy) is 1. The van der Waals surface area contributed by atoms with E-state index in [-0.39, 0.29) is 5.41 Å². The third-order valence-corrected chi connectivity index (χ3v) is 11.3. The van der Waals surface area contributed by atoms with Crippen molar-refractivity contribution >= 4 is 76.2 Å². The van der Waals surface area contributed by atoms with E-state index in [0.717, 1.165) is 50.9 Å². The quantitative estimate of drug-likeness (QED) is 0.180. The Morgan fingerprint density at radius 1 is 0.596 bits per heavy atom. The smallest absolute Gasteiger partial charge is 0.158 e. The predicted molar refractivity (Wildman–Crippen MR) is 217 cm³/mol. The van der Waals surface area contributed by atoms with Crippen LogP contribution in [-0.2, 0) is 5.41 Å². The Balaban J connectivity index is 1.02. The van der Waals surface area contributed by atoms with Gasteiger partial charge in [0.15, 0.2) is 5.82 Å². The summed E-state index contributed by atoms with van der Waals surface area (Å²) >= 11 is 1.84. The summed E-state index contributed by atoms with van der Waals surface area (Å²) < 4.78 is 11.5. The molecular weight excluding hydrogens is 659 g/mol. The molecule has 0 aliphatic carbocycles.